The molecule has 0 spiro atoms. The summed E-state index contributed by atoms with van der Waals surface area (Å²) in [6, 6.07) is 7.27. The molecule has 5 nitrogen and oxygen atoms in total. The summed E-state index contributed by atoms with van der Waals surface area (Å²) in [4.78, 5) is 9.01. The van der Waals surface area contributed by atoms with E-state index < -0.39 is 0 Å². The van der Waals surface area contributed by atoms with Gasteiger partial charge in [0.05, 0.1) is 17.3 Å². The first-order valence-electron chi connectivity index (χ1n) is 7.65. The predicted molar refractivity (Wildman–Crippen MR) is 96.5 cm³/mol. The van der Waals surface area contributed by atoms with E-state index in [2.05, 4.69) is 20.6 Å². The summed E-state index contributed by atoms with van der Waals surface area (Å²) in [6.07, 6.45) is 0. The fourth-order valence-electron chi connectivity index (χ4n) is 2.34. The molecule has 3 rings (SSSR count). The summed E-state index contributed by atoms with van der Waals surface area (Å²) < 4.78 is 20.2. The second-order valence-corrected chi connectivity index (χ2v) is 6.53. The van der Waals surface area contributed by atoms with Gasteiger partial charge in [-0.1, -0.05) is 12.1 Å². The van der Waals surface area contributed by atoms with Crippen LogP contribution in [-0.2, 0) is 6.54 Å². The lowest BCUT2D eigenvalue weighted by molar-refractivity contribution is 0.384. The van der Waals surface area contributed by atoms with Crippen LogP contribution in [0.15, 0.2) is 29.6 Å². The molecule has 0 aliphatic carbocycles. The number of hydrogen-bond acceptors (Lipinski definition) is 6. The van der Waals surface area contributed by atoms with Crippen LogP contribution in [0.1, 0.15) is 19.4 Å². The van der Waals surface area contributed by atoms with Crippen LogP contribution in [0.2, 0.25) is 0 Å². The third-order valence-corrected chi connectivity index (χ3v) is 4.34. The molecule has 126 valence electrons. The van der Waals surface area contributed by atoms with Gasteiger partial charge in [-0.2, -0.15) is 4.98 Å². The third kappa shape index (κ3) is 3.41. The molecule has 0 unspecified atom stereocenters. The number of benzene rings is 1. The Morgan fingerprint density at radius 2 is 2.08 bits per heavy atom. The number of ether oxygens (including phenoxy) is 1. The summed E-state index contributed by atoms with van der Waals surface area (Å²) in [5.74, 6) is 1.13. The van der Waals surface area contributed by atoms with Crippen molar-refractivity contribution in [2.75, 3.05) is 17.7 Å². The van der Waals surface area contributed by atoms with Gasteiger partial charge < -0.3 is 15.4 Å². The fraction of sp³-hybridized carbons (Fsp3) is 0.294. The molecule has 2 aromatic heterocycles. The zero-order valence-corrected chi connectivity index (χ0v) is 14.6. The van der Waals surface area contributed by atoms with E-state index in [1.807, 2.05) is 25.3 Å². The topological polar surface area (TPSA) is 59.1 Å². The van der Waals surface area contributed by atoms with Crippen molar-refractivity contribution in [3.8, 4) is 5.75 Å². The van der Waals surface area contributed by atoms with Gasteiger partial charge in [-0.3, -0.25) is 0 Å². The maximum Gasteiger partial charge on any atom is 0.225 e. The summed E-state index contributed by atoms with van der Waals surface area (Å²) in [6.45, 7) is 4.37. The average Bonchev–Trinajstić information content (AvgIpc) is 3.01. The first kappa shape index (κ1) is 16.4. The Morgan fingerprint density at radius 1 is 1.25 bits per heavy atom. The molecule has 0 bridgehead atoms. The molecule has 0 amide bonds. The van der Waals surface area contributed by atoms with Crippen LogP contribution < -0.4 is 15.4 Å². The molecule has 0 saturated heterocycles. The minimum Gasteiger partial charge on any atom is -0.494 e. The lowest BCUT2D eigenvalue weighted by Gasteiger charge is -2.12. The second kappa shape index (κ2) is 7.00. The van der Waals surface area contributed by atoms with Crippen molar-refractivity contribution in [1.82, 2.24) is 9.97 Å². The van der Waals surface area contributed by atoms with Gasteiger partial charge in [0.25, 0.3) is 0 Å². The van der Waals surface area contributed by atoms with E-state index >= 15 is 0 Å². The predicted octanol–water partition coefficient (Wildman–Crippen LogP) is 4.27. The Balaban J connectivity index is 1.88. The van der Waals surface area contributed by atoms with Crippen molar-refractivity contribution in [1.29, 1.82) is 0 Å². The number of rotatable bonds is 6. The Kier molecular flexibility index (Phi) is 4.80. The number of thiophene rings is 1. The van der Waals surface area contributed by atoms with Crippen LogP contribution in [0, 0.1) is 5.82 Å². The number of hydrogen-bond donors (Lipinski definition) is 2. The number of halogens is 1. The van der Waals surface area contributed by atoms with E-state index in [1.165, 1.54) is 7.11 Å². The van der Waals surface area contributed by atoms with Gasteiger partial charge in [-0.25, -0.2) is 9.37 Å². The lowest BCUT2D eigenvalue weighted by atomic mass is 10.2. The molecule has 0 aliphatic heterocycles. The molecule has 2 N–H and O–H groups in total. The second-order valence-electron chi connectivity index (χ2n) is 5.62. The van der Waals surface area contributed by atoms with Gasteiger partial charge >= 0.3 is 0 Å². The maximum atomic E-state index is 14.3. The van der Waals surface area contributed by atoms with E-state index in [9.17, 15) is 4.39 Å². The largest absolute Gasteiger partial charge is 0.494 e. The quantitative estimate of drug-likeness (QED) is 0.698. The molecule has 2 heterocycles. The van der Waals surface area contributed by atoms with Crippen LogP contribution in [0.5, 0.6) is 5.75 Å². The fourth-order valence-corrected chi connectivity index (χ4v) is 3.13. The maximum absolute atomic E-state index is 14.3. The smallest absolute Gasteiger partial charge is 0.225 e. The van der Waals surface area contributed by atoms with Gasteiger partial charge in [0.1, 0.15) is 5.82 Å². The van der Waals surface area contributed by atoms with Crippen LogP contribution in [-0.4, -0.2) is 23.1 Å². The molecule has 0 fully saturated rings. The van der Waals surface area contributed by atoms with Gasteiger partial charge in [0.15, 0.2) is 11.6 Å². The van der Waals surface area contributed by atoms with Gasteiger partial charge in [-0.15, -0.1) is 11.3 Å². The molecule has 0 atom stereocenters. The van der Waals surface area contributed by atoms with Crippen molar-refractivity contribution in [3.05, 3.63) is 41.0 Å². The van der Waals surface area contributed by atoms with Crippen molar-refractivity contribution < 1.29 is 9.13 Å². The van der Waals surface area contributed by atoms with Crippen LogP contribution >= 0.6 is 11.3 Å². The number of fused-ring (bicyclic) bond motifs is 1. The monoisotopic (exact) mass is 346 g/mol. The van der Waals surface area contributed by atoms with Crippen molar-refractivity contribution in [2.45, 2.75) is 26.4 Å². The molecule has 0 saturated carbocycles. The Hall–Kier alpha value is -2.41. The molecule has 7 heteroatoms. The van der Waals surface area contributed by atoms with Crippen LogP contribution in [0.4, 0.5) is 16.2 Å². The first-order chi connectivity index (χ1) is 11.6. The SMILES string of the molecule is COc1cccc(CNc2nc(NC(C)C)nc3ccsc23)c1F. The van der Waals surface area contributed by atoms with E-state index in [0.717, 1.165) is 10.2 Å². The summed E-state index contributed by atoms with van der Waals surface area (Å²) >= 11 is 1.55. The number of anilines is 2. The molecule has 24 heavy (non-hydrogen) atoms. The average molecular weight is 346 g/mol. The van der Waals surface area contributed by atoms with E-state index in [1.54, 1.807) is 29.5 Å². The highest BCUT2D eigenvalue weighted by Crippen LogP contribution is 2.28. The van der Waals surface area contributed by atoms with Gasteiger partial charge in [0.2, 0.25) is 5.95 Å². The molecule has 0 aliphatic rings. The minimum absolute atomic E-state index is 0.227. The minimum atomic E-state index is -0.357. The van der Waals surface area contributed by atoms with E-state index in [0.29, 0.717) is 23.9 Å². The molecular formula is C17H19FN4OS. The van der Waals surface area contributed by atoms with Crippen LogP contribution in [0.3, 0.4) is 0 Å². The first-order valence-corrected chi connectivity index (χ1v) is 8.53. The van der Waals surface area contributed by atoms with Gasteiger partial charge in [-0.05, 0) is 31.4 Å². The van der Waals surface area contributed by atoms with Crippen molar-refractivity contribution in [2.24, 2.45) is 0 Å². The normalized spacial score (nSPS) is 11.0. The lowest BCUT2D eigenvalue weighted by Crippen LogP contribution is -2.13. The van der Waals surface area contributed by atoms with E-state index in [-0.39, 0.29) is 17.6 Å². The molecule has 3 aromatic rings. The summed E-state index contributed by atoms with van der Waals surface area (Å²) in [5, 5.41) is 8.39. The van der Waals surface area contributed by atoms with E-state index in [4.69, 9.17) is 4.74 Å². The summed E-state index contributed by atoms with van der Waals surface area (Å²) in [5.41, 5.74) is 1.39. The van der Waals surface area contributed by atoms with Crippen molar-refractivity contribution in [3.63, 3.8) is 0 Å². The number of nitrogens with one attached hydrogen (secondary N) is 2. The standard InChI is InChI=1S/C17H19FN4OS/c1-10(2)20-17-21-12-7-8-24-15(12)16(22-17)19-9-11-5-4-6-13(23-3)14(11)18/h4-8,10H,9H2,1-3H3,(H2,19,20,21,22). The zero-order valence-electron chi connectivity index (χ0n) is 13.8. The highest BCUT2D eigenvalue weighted by molar-refractivity contribution is 7.17. The zero-order chi connectivity index (χ0) is 17.1. The van der Waals surface area contributed by atoms with Gasteiger partial charge in [0, 0.05) is 18.2 Å². The highest BCUT2D eigenvalue weighted by Gasteiger charge is 2.12. The Bertz CT molecular complexity index is 850. The molecule has 0 radical (unpaired) electrons. The summed E-state index contributed by atoms with van der Waals surface area (Å²) in [7, 11) is 1.46. The Labute approximate surface area is 143 Å². The van der Waals surface area contributed by atoms with Crippen LogP contribution in [0.25, 0.3) is 10.2 Å². The Morgan fingerprint density at radius 3 is 2.83 bits per heavy atom. The molecule has 1 aromatic carbocycles. The number of nitrogens with zero attached hydrogens (tertiary/aromatic N) is 2. The number of methoxy groups -OCH3 is 1. The number of aromatic nitrogens is 2. The third-order valence-electron chi connectivity index (χ3n) is 3.43. The molecular weight excluding hydrogens is 327 g/mol. The van der Waals surface area contributed by atoms with Crippen molar-refractivity contribution >= 4 is 33.3 Å². The highest BCUT2D eigenvalue weighted by atomic mass is 32.1.